The van der Waals surface area contributed by atoms with E-state index in [0.717, 1.165) is 52.4 Å². The van der Waals surface area contributed by atoms with E-state index in [1.54, 1.807) is 11.1 Å². The van der Waals surface area contributed by atoms with Crippen molar-refractivity contribution in [2.24, 2.45) is 0 Å². The van der Waals surface area contributed by atoms with Crippen LogP contribution in [0.2, 0.25) is 0 Å². The second-order valence-corrected chi connectivity index (χ2v) is 13.0. The number of amides is 2. The van der Waals surface area contributed by atoms with E-state index in [2.05, 4.69) is 91.2 Å². The second kappa shape index (κ2) is 14.2. The second-order valence-electron chi connectivity index (χ2n) is 13.0. The zero-order chi connectivity index (χ0) is 34.7. The van der Waals surface area contributed by atoms with Gasteiger partial charge in [-0.05, 0) is 64.5 Å². The van der Waals surface area contributed by atoms with Crippen LogP contribution < -0.4 is 10.6 Å². The van der Waals surface area contributed by atoms with Crippen LogP contribution in [-0.2, 0) is 14.3 Å². The third-order valence-electron chi connectivity index (χ3n) is 9.82. The number of rotatable bonds is 8. The molecule has 51 heavy (non-hydrogen) atoms. The largest absolute Gasteiger partial charge is 0.453 e. The van der Waals surface area contributed by atoms with Gasteiger partial charge >= 0.3 is 6.09 Å². The van der Waals surface area contributed by atoms with Crippen molar-refractivity contribution < 1.29 is 19.1 Å². The average molecular weight is 682 g/mol. The number of ether oxygens (including phenoxy) is 2. The Morgan fingerprint density at radius 1 is 0.843 bits per heavy atom. The number of fused-ring (bicyclic) bond motifs is 1. The molecule has 0 unspecified atom stereocenters. The van der Waals surface area contributed by atoms with Crippen molar-refractivity contribution in [2.45, 2.75) is 31.0 Å². The van der Waals surface area contributed by atoms with Gasteiger partial charge < -0.3 is 35.0 Å². The number of aromatic nitrogens is 4. The fourth-order valence-electron chi connectivity index (χ4n) is 7.04. The zero-order valence-corrected chi connectivity index (χ0v) is 28.3. The van der Waals surface area contributed by atoms with Crippen LogP contribution in [0.15, 0.2) is 103 Å². The van der Waals surface area contributed by atoms with Gasteiger partial charge in [0.1, 0.15) is 23.7 Å². The maximum Gasteiger partial charge on any atom is 0.407 e. The molecule has 0 spiro atoms. The summed E-state index contributed by atoms with van der Waals surface area (Å²) in [4.78, 5) is 44.1. The normalized spacial score (nSPS) is 18.1. The summed E-state index contributed by atoms with van der Waals surface area (Å²) >= 11 is 0. The summed E-state index contributed by atoms with van der Waals surface area (Å²) in [5.74, 6) is 1.36. The van der Waals surface area contributed by atoms with E-state index in [-0.39, 0.29) is 12.5 Å². The molecular weight excluding hydrogens is 642 g/mol. The van der Waals surface area contributed by atoms with Gasteiger partial charge in [0.15, 0.2) is 0 Å². The van der Waals surface area contributed by atoms with Crippen LogP contribution in [0.1, 0.15) is 48.2 Å². The Labute approximate surface area is 295 Å². The average Bonchev–Trinajstić information content (AvgIpc) is 4.00. The topological polar surface area (TPSA) is 137 Å². The number of methoxy groups -OCH3 is 1. The van der Waals surface area contributed by atoms with Gasteiger partial charge in [-0.25, -0.2) is 14.8 Å². The van der Waals surface area contributed by atoms with Gasteiger partial charge in [-0.1, -0.05) is 78.9 Å². The highest BCUT2D eigenvalue weighted by molar-refractivity contribution is 5.91. The Morgan fingerprint density at radius 2 is 1.51 bits per heavy atom. The molecule has 2 aliphatic rings. The number of hydrogen-bond acceptors (Lipinski definition) is 7. The van der Waals surface area contributed by atoms with Gasteiger partial charge in [-0.3, -0.25) is 4.79 Å². The van der Waals surface area contributed by atoms with Crippen molar-refractivity contribution in [3.8, 4) is 33.6 Å². The summed E-state index contributed by atoms with van der Waals surface area (Å²) in [5, 5.41) is 8.54. The molecule has 4 N–H and O–H groups in total. The van der Waals surface area contributed by atoms with Crippen molar-refractivity contribution in [2.75, 3.05) is 33.4 Å². The van der Waals surface area contributed by atoms with Crippen LogP contribution in [0.3, 0.4) is 0 Å². The molecule has 4 aromatic carbocycles. The predicted octanol–water partition coefficient (Wildman–Crippen LogP) is 6.71. The maximum absolute atomic E-state index is 13.9. The molecule has 2 aliphatic heterocycles. The van der Waals surface area contributed by atoms with Crippen LogP contribution in [-0.4, -0.2) is 70.2 Å². The molecule has 2 amide bonds. The molecule has 2 fully saturated rings. The molecule has 0 radical (unpaired) electrons. The third kappa shape index (κ3) is 6.73. The Morgan fingerprint density at radius 3 is 2.25 bits per heavy atom. The van der Waals surface area contributed by atoms with Crippen LogP contribution in [0.4, 0.5) is 4.79 Å². The number of hydrogen-bond donors (Lipinski definition) is 4. The molecule has 0 aliphatic carbocycles. The Balaban J connectivity index is 0.983. The molecule has 8 rings (SSSR count). The number of carbonyl (C=O) groups excluding carboxylic acids is 2. The molecule has 11 nitrogen and oxygen atoms in total. The molecule has 11 heteroatoms. The lowest BCUT2D eigenvalue weighted by Gasteiger charge is -2.36. The van der Waals surface area contributed by atoms with Gasteiger partial charge in [0.05, 0.1) is 50.1 Å². The number of nitrogens with zero attached hydrogens (tertiary/aromatic N) is 3. The minimum Gasteiger partial charge on any atom is -0.453 e. The number of imidazole rings is 2. The molecule has 6 aromatic rings. The first-order valence-electron chi connectivity index (χ1n) is 17.3. The van der Waals surface area contributed by atoms with Gasteiger partial charge in [-0.15, -0.1) is 0 Å². The highest BCUT2D eigenvalue weighted by atomic mass is 16.5. The van der Waals surface area contributed by atoms with Crippen molar-refractivity contribution in [3.63, 3.8) is 0 Å². The Bertz CT molecular complexity index is 2150. The lowest BCUT2D eigenvalue weighted by Crippen LogP contribution is -2.49. The highest BCUT2D eigenvalue weighted by Gasteiger charge is 2.36. The Kier molecular flexibility index (Phi) is 9.04. The van der Waals surface area contributed by atoms with E-state index in [1.807, 2.05) is 36.5 Å². The number of aromatic amines is 2. The summed E-state index contributed by atoms with van der Waals surface area (Å²) < 4.78 is 10.6. The molecule has 2 aromatic heterocycles. The Hall–Kier alpha value is -5.78. The van der Waals surface area contributed by atoms with Gasteiger partial charge in [0, 0.05) is 12.1 Å². The van der Waals surface area contributed by atoms with E-state index in [1.165, 1.54) is 24.3 Å². The SMILES string of the molecule is COC(=O)N[C@@H](C(=O)N1CCOC[C@H]1c1ncc(-c2ccc(-c3ccc4cc(-c5cnc([C@@H]6CCCN6)[nH]5)ccc4c3)cc2)[nH]1)c1ccccc1. The van der Waals surface area contributed by atoms with E-state index in [0.29, 0.717) is 30.6 Å². The first-order chi connectivity index (χ1) is 25.0. The summed E-state index contributed by atoms with van der Waals surface area (Å²) in [5.41, 5.74) is 6.85. The molecule has 3 atom stereocenters. The van der Waals surface area contributed by atoms with Crippen molar-refractivity contribution in [1.82, 2.24) is 35.5 Å². The van der Waals surface area contributed by atoms with Crippen LogP contribution >= 0.6 is 0 Å². The quantitative estimate of drug-likeness (QED) is 0.140. The molecule has 2 saturated heterocycles. The molecule has 4 heterocycles. The minimum atomic E-state index is -0.915. The predicted molar refractivity (Wildman–Crippen MR) is 195 cm³/mol. The summed E-state index contributed by atoms with van der Waals surface area (Å²) in [6, 6.07) is 29.5. The number of benzene rings is 4. The highest BCUT2D eigenvalue weighted by Crippen LogP contribution is 2.32. The molecule has 0 bridgehead atoms. The van der Waals surface area contributed by atoms with Crippen LogP contribution in [0.5, 0.6) is 0 Å². The number of H-pyrrole nitrogens is 2. The minimum absolute atomic E-state index is 0.263. The fraction of sp³-hybridized carbons (Fsp3) is 0.250. The number of carbonyl (C=O) groups is 2. The number of morpholine rings is 1. The summed E-state index contributed by atoms with van der Waals surface area (Å²) in [7, 11) is 1.28. The monoisotopic (exact) mass is 681 g/mol. The molecule has 0 saturated carbocycles. The van der Waals surface area contributed by atoms with Crippen molar-refractivity contribution >= 4 is 22.8 Å². The van der Waals surface area contributed by atoms with Gasteiger partial charge in [0.2, 0.25) is 0 Å². The first-order valence-corrected chi connectivity index (χ1v) is 17.3. The zero-order valence-electron chi connectivity index (χ0n) is 28.3. The lowest BCUT2D eigenvalue weighted by molar-refractivity contribution is -0.143. The van der Waals surface area contributed by atoms with E-state index >= 15 is 0 Å². The summed E-state index contributed by atoms with van der Waals surface area (Å²) in [6.45, 7) is 2.06. The van der Waals surface area contributed by atoms with Gasteiger partial charge in [0.25, 0.3) is 5.91 Å². The van der Waals surface area contributed by atoms with Crippen LogP contribution in [0.25, 0.3) is 44.4 Å². The molecule has 258 valence electrons. The summed E-state index contributed by atoms with van der Waals surface area (Å²) in [6.07, 6.45) is 5.33. The van der Waals surface area contributed by atoms with Crippen LogP contribution in [0, 0.1) is 0 Å². The van der Waals surface area contributed by atoms with E-state index in [9.17, 15) is 9.59 Å². The number of nitrogens with one attached hydrogen (secondary N) is 4. The smallest absolute Gasteiger partial charge is 0.407 e. The number of alkyl carbamates (subject to hydrolysis) is 1. The third-order valence-corrected chi connectivity index (χ3v) is 9.82. The standard InChI is InChI=1S/C40H39N7O4/c1-50-40(49)46-36(27-6-3-2-4-7-27)39(48)47-18-19-51-24-35(47)38-43-22-33(45-38)26-11-9-25(10-12-26)28-13-14-30-21-31(16-15-29(30)20-28)34-23-42-37(44-34)32-8-5-17-41-32/h2-4,6-7,9-16,20-23,32,35-36,41H,5,8,17-19,24H2,1H3,(H,42,44)(H,43,45)(H,46,49)/t32-,35-,36+/m0/s1. The lowest BCUT2D eigenvalue weighted by atomic mass is 9.98. The fourth-order valence-corrected chi connectivity index (χ4v) is 7.04. The van der Waals surface area contributed by atoms with E-state index < -0.39 is 18.2 Å². The molecular formula is C40H39N7O4. The first kappa shape index (κ1) is 32.4. The van der Waals surface area contributed by atoms with E-state index in [4.69, 9.17) is 9.47 Å². The van der Waals surface area contributed by atoms with Gasteiger partial charge in [-0.2, -0.15) is 0 Å². The van der Waals surface area contributed by atoms with Crippen molar-refractivity contribution in [1.29, 1.82) is 0 Å². The van der Waals surface area contributed by atoms with Crippen molar-refractivity contribution in [3.05, 3.63) is 121 Å². The maximum atomic E-state index is 13.9.